The molecule has 0 bridgehead atoms. The molecular weight excluding hydrogens is 253 g/mol. The second-order valence-corrected chi connectivity index (χ2v) is 4.50. The average Bonchev–Trinajstić information content (AvgIpc) is 2.35. The second-order valence-electron chi connectivity index (χ2n) is 4.06. The van der Waals surface area contributed by atoms with E-state index in [0.717, 1.165) is 11.1 Å². The first-order valence-electron chi connectivity index (χ1n) is 5.44. The van der Waals surface area contributed by atoms with Gasteiger partial charge in [-0.15, -0.1) is 0 Å². The van der Waals surface area contributed by atoms with Gasteiger partial charge in [0.05, 0.1) is 6.04 Å². The highest BCUT2D eigenvalue weighted by molar-refractivity contribution is 6.30. The zero-order valence-electron chi connectivity index (χ0n) is 9.82. The number of nitrogens with one attached hydrogen (secondary N) is 1. The van der Waals surface area contributed by atoms with Crippen LogP contribution in [-0.4, -0.2) is 4.98 Å². The monoisotopic (exact) mass is 265 g/mol. The quantitative estimate of drug-likeness (QED) is 0.663. The van der Waals surface area contributed by atoms with Crippen molar-refractivity contribution in [2.24, 2.45) is 5.84 Å². The maximum absolute atomic E-state index is 13.8. The summed E-state index contributed by atoms with van der Waals surface area (Å²) in [6.07, 6.45) is 3.38. The van der Waals surface area contributed by atoms with Gasteiger partial charge in [-0.2, -0.15) is 0 Å². The second kappa shape index (κ2) is 5.44. The van der Waals surface area contributed by atoms with Crippen LogP contribution in [0.25, 0.3) is 0 Å². The fraction of sp³-hybridized carbons (Fsp3) is 0.154. The third-order valence-electron chi connectivity index (χ3n) is 2.67. The number of nitrogens with zero attached hydrogens (tertiary/aromatic N) is 1. The molecule has 0 aliphatic carbocycles. The number of pyridine rings is 1. The smallest absolute Gasteiger partial charge is 0.128 e. The van der Waals surface area contributed by atoms with Crippen LogP contribution in [0.2, 0.25) is 5.02 Å². The van der Waals surface area contributed by atoms with E-state index in [9.17, 15) is 4.39 Å². The van der Waals surface area contributed by atoms with Crippen molar-refractivity contribution >= 4 is 11.6 Å². The Balaban J connectivity index is 2.48. The van der Waals surface area contributed by atoms with Crippen LogP contribution in [-0.2, 0) is 0 Å². The van der Waals surface area contributed by atoms with Gasteiger partial charge in [0.2, 0.25) is 0 Å². The van der Waals surface area contributed by atoms with Crippen molar-refractivity contribution in [1.82, 2.24) is 10.4 Å². The fourth-order valence-electron chi connectivity index (χ4n) is 1.84. The molecule has 1 aromatic carbocycles. The van der Waals surface area contributed by atoms with E-state index >= 15 is 0 Å². The Labute approximate surface area is 110 Å². The maximum Gasteiger partial charge on any atom is 0.128 e. The van der Waals surface area contributed by atoms with Gasteiger partial charge in [-0.1, -0.05) is 17.7 Å². The summed E-state index contributed by atoms with van der Waals surface area (Å²) in [7, 11) is 0. The molecule has 18 heavy (non-hydrogen) atoms. The molecule has 5 heteroatoms. The van der Waals surface area contributed by atoms with Gasteiger partial charge in [0, 0.05) is 23.0 Å². The van der Waals surface area contributed by atoms with Gasteiger partial charge in [0.25, 0.3) is 0 Å². The third-order valence-corrected chi connectivity index (χ3v) is 2.90. The first-order chi connectivity index (χ1) is 8.61. The van der Waals surface area contributed by atoms with Crippen molar-refractivity contribution in [3.63, 3.8) is 0 Å². The summed E-state index contributed by atoms with van der Waals surface area (Å²) in [4.78, 5) is 4.08. The minimum atomic E-state index is -0.476. The summed E-state index contributed by atoms with van der Waals surface area (Å²) in [6, 6.07) is 5.81. The molecule has 0 aliphatic heterocycles. The summed E-state index contributed by atoms with van der Waals surface area (Å²) in [6.45, 7) is 1.92. The van der Waals surface area contributed by atoms with Crippen LogP contribution >= 0.6 is 11.6 Å². The summed E-state index contributed by atoms with van der Waals surface area (Å²) in [5.74, 6) is 5.16. The average molecular weight is 266 g/mol. The SMILES string of the molecule is Cc1cncc(C(NN)c2cc(Cl)ccc2F)c1. The van der Waals surface area contributed by atoms with E-state index in [1.54, 1.807) is 18.5 Å². The lowest BCUT2D eigenvalue weighted by Crippen LogP contribution is -2.29. The number of aromatic nitrogens is 1. The molecule has 0 radical (unpaired) electrons. The largest absolute Gasteiger partial charge is 0.271 e. The predicted octanol–water partition coefficient (Wildman–Crippen LogP) is 2.74. The molecular formula is C13H13ClFN3. The molecule has 1 atom stereocenters. The molecule has 2 aromatic rings. The summed E-state index contributed by atoms with van der Waals surface area (Å²) < 4.78 is 13.8. The van der Waals surface area contributed by atoms with Gasteiger partial charge >= 0.3 is 0 Å². The lowest BCUT2D eigenvalue weighted by Gasteiger charge is -2.17. The van der Waals surface area contributed by atoms with Crippen molar-refractivity contribution in [3.8, 4) is 0 Å². The number of benzene rings is 1. The summed E-state index contributed by atoms with van der Waals surface area (Å²) in [5.41, 5.74) is 4.76. The minimum Gasteiger partial charge on any atom is -0.271 e. The number of hydrogen-bond acceptors (Lipinski definition) is 3. The van der Waals surface area contributed by atoms with E-state index in [-0.39, 0.29) is 5.82 Å². The van der Waals surface area contributed by atoms with Crippen LogP contribution in [0.5, 0.6) is 0 Å². The highest BCUT2D eigenvalue weighted by Crippen LogP contribution is 2.26. The summed E-state index contributed by atoms with van der Waals surface area (Å²) >= 11 is 5.89. The molecule has 0 fully saturated rings. The molecule has 0 amide bonds. The summed E-state index contributed by atoms with van der Waals surface area (Å²) in [5, 5.41) is 0.465. The number of aryl methyl sites for hydroxylation is 1. The van der Waals surface area contributed by atoms with Crippen molar-refractivity contribution < 1.29 is 4.39 Å². The van der Waals surface area contributed by atoms with E-state index in [4.69, 9.17) is 17.4 Å². The van der Waals surface area contributed by atoms with Gasteiger partial charge in [0.1, 0.15) is 5.82 Å². The molecule has 0 aliphatic rings. The van der Waals surface area contributed by atoms with E-state index in [0.29, 0.717) is 10.6 Å². The van der Waals surface area contributed by atoms with E-state index < -0.39 is 6.04 Å². The zero-order chi connectivity index (χ0) is 13.1. The van der Waals surface area contributed by atoms with Crippen LogP contribution < -0.4 is 11.3 Å². The van der Waals surface area contributed by atoms with Crippen LogP contribution in [0.4, 0.5) is 4.39 Å². The maximum atomic E-state index is 13.8. The Morgan fingerprint density at radius 1 is 1.33 bits per heavy atom. The van der Waals surface area contributed by atoms with Crippen molar-refractivity contribution in [1.29, 1.82) is 0 Å². The lowest BCUT2D eigenvalue weighted by molar-refractivity contribution is 0.559. The topological polar surface area (TPSA) is 50.9 Å². The van der Waals surface area contributed by atoms with Crippen LogP contribution in [0, 0.1) is 12.7 Å². The fourth-order valence-corrected chi connectivity index (χ4v) is 2.02. The Bertz CT molecular complexity index is 560. The van der Waals surface area contributed by atoms with Crippen molar-refractivity contribution in [3.05, 3.63) is 64.2 Å². The lowest BCUT2D eigenvalue weighted by atomic mass is 9.99. The van der Waals surface area contributed by atoms with Gasteiger partial charge in [-0.3, -0.25) is 10.8 Å². The first kappa shape index (κ1) is 13.0. The van der Waals surface area contributed by atoms with E-state index in [2.05, 4.69) is 10.4 Å². The van der Waals surface area contributed by atoms with Crippen LogP contribution in [0.1, 0.15) is 22.7 Å². The van der Waals surface area contributed by atoms with Gasteiger partial charge in [0.15, 0.2) is 0 Å². The molecule has 1 heterocycles. The highest BCUT2D eigenvalue weighted by Gasteiger charge is 2.17. The molecule has 1 aromatic heterocycles. The molecule has 1 unspecified atom stereocenters. The van der Waals surface area contributed by atoms with E-state index in [1.165, 1.54) is 12.1 Å². The molecule has 94 valence electrons. The number of rotatable bonds is 3. The van der Waals surface area contributed by atoms with Gasteiger partial charge < -0.3 is 0 Å². The third kappa shape index (κ3) is 2.67. The Hall–Kier alpha value is -1.49. The Kier molecular flexibility index (Phi) is 3.91. The molecule has 2 rings (SSSR count). The first-order valence-corrected chi connectivity index (χ1v) is 5.82. The molecule has 0 saturated heterocycles. The molecule has 0 spiro atoms. The highest BCUT2D eigenvalue weighted by atomic mass is 35.5. The van der Waals surface area contributed by atoms with Gasteiger partial charge in [-0.05, 0) is 36.2 Å². The standard InChI is InChI=1S/C13H13ClFN3/c1-8-4-9(7-17-6-8)13(18-16)11-5-10(14)2-3-12(11)15/h2-7,13,18H,16H2,1H3. The normalized spacial score (nSPS) is 12.4. The van der Waals surface area contributed by atoms with Crippen LogP contribution in [0.3, 0.4) is 0 Å². The van der Waals surface area contributed by atoms with Gasteiger partial charge in [-0.25, -0.2) is 9.82 Å². The van der Waals surface area contributed by atoms with Crippen LogP contribution in [0.15, 0.2) is 36.7 Å². The molecule has 3 nitrogen and oxygen atoms in total. The van der Waals surface area contributed by atoms with E-state index in [1.807, 2.05) is 13.0 Å². The van der Waals surface area contributed by atoms with Crippen molar-refractivity contribution in [2.45, 2.75) is 13.0 Å². The minimum absolute atomic E-state index is 0.358. The molecule has 0 saturated carbocycles. The number of nitrogens with two attached hydrogens (primary N) is 1. The van der Waals surface area contributed by atoms with Crippen molar-refractivity contribution in [2.75, 3.05) is 0 Å². The zero-order valence-corrected chi connectivity index (χ0v) is 10.6. The number of hydrazine groups is 1. The molecule has 3 N–H and O–H groups in total. The predicted molar refractivity (Wildman–Crippen MR) is 69.6 cm³/mol. The number of hydrogen-bond donors (Lipinski definition) is 2. The number of halogens is 2. The Morgan fingerprint density at radius 3 is 2.78 bits per heavy atom. The Morgan fingerprint density at radius 2 is 2.11 bits per heavy atom.